The monoisotopic (exact) mass is 442 g/mol. The van der Waals surface area contributed by atoms with E-state index in [1.807, 2.05) is 30.3 Å². The number of carbonyl (C=O) groups excluding carboxylic acids is 1. The van der Waals surface area contributed by atoms with E-state index < -0.39 is 23.0 Å². The molecule has 0 N–H and O–H groups in total. The highest BCUT2D eigenvalue weighted by molar-refractivity contribution is 6.10. The van der Waals surface area contributed by atoms with Crippen LogP contribution in [0.3, 0.4) is 0 Å². The molecule has 5 aromatic rings. The number of ether oxygens (including phenoxy) is 1. The van der Waals surface area contributed by atoms with Gasteiger partial charge in [-0.3, -0.25) is 14.3 Å². The number of hydrogen-bond acceptors (Lipinski definition) is 5. The molecule has 2 aromatic heterocycles. The molecule has 0 atom stereocenters. The van der Waals surface area contributed by atoms with Crippen LogP contribution in [0.5, 0.6) is 5.75 Å². The fourth-order valence-electron chi connectivity index (χ4n) is 3.37. The lowest BCUT2D eigenvalue weighted by Crippen LogP contribution is -2.08. The summed E-state index contributed by atoms with van der Waals surface area (Å²) in [6.45, 7) is 0.155. The Hall–Kier alpha value is -4.46. The molecular formula is C25H16F2N4O2. The van der Waals surface area contributed by atoms with E-state index in [0.717, 1.165) is 11.6 Å². The second-order valence-electron chi connectivity index (χ2n) is 7.27. The highest BCUT2D eigenvalue weighted by atomic mass is 19.2. The number of aromatic nitrogens is 4. The Bertz CT molecular complexity index is 1450. The van der Waals surface area contributed by atoms with E-state index in [9.17, 15) is 13.6 Å². The Labute approximate surface area is 187 Å². The van der Waals surface area contributed by atoms with Crippen LogP contribution in [0.2, 0.25) is 0 Å². The Morgan fingerprint density at radius 2 is 1.85 bits per heavy atom. The van der Waals surface area contributed by atoms with Crippen LogP contribution in [0.15, 0.2) is 85.6 Å². The summed E-state index contributed by atoms with van der Waals surface area (Å²) in [5, 5.41) is 0. The summed E-state index contributed by atoms with van der Waals surface area (Å²) in [4.78, 5) is 25.9. The van der Waals surface area contributed by atoms with Crippen LogP contribution in [0.1, 0.15) is 21.5 Å². The number of ketones is 1. The van der Waals surface area contributed by atoms with Crippen molar-refractivity contribution in [2.75, 3.05) is 0 Å². The van der Waals surface area contributed by atoms with Crippen molar-refractivity contribution in [1.29, 1.82) is 0 Å². The summed E-state index contributed by atoms with van der Waals surface area (Å²) >= 11 is 0. The van der Waals surface area contributed by atoms with E-state index in [2.05, 4.69) is 15.0 Å². The minimum atomic E-state index is -1.23. The predicted octanol–water partition coefficient (Wildman–Crippen LogP) is 4.90. The van der Waals surface area contributed by atoms with Crippen LogP contribution >= 0.6 is 0 Å². The largest absolute Gasteiger partial charge is 0.489 e. The van der Waals surface area contributed by atoms with Crippen molar-refractivity contribution in [3.63, 3.8) is 0 Å². The Morgan fingerprint density at radius 1 is 1.00 bits per heavy atom. The van der Waals surface area contributed by atoms with E-state index >= 15 is 0 Å². The van der Waals surface area contributed by atoms with Gasteiger partial charge in [0.15, 0.2) is 23.2 Å². The van der Waals surface area contributed by atoms with E-state index in [0.29, 0.717) is 16.9 Å². The number of imidazole rings is 1. The van der Waals surface area contributed by atoms with Crippen molar-refractivity contribution in [3.8, 4) is 11.6 Å². The molecule has 0 fully saturated rings. The maximum atomic E-state index is 14.6. The molecule has 0 unspecified atom stereocenters. The lowest BCUT2D eigenvalue weighted by Gasteiger charge is -2.10. The molecule has 162 valence electrons. The quantitative estimate of drug-likeness (QED) is 0.350. The van der Waals surface area contributed by atoms with Gasteiger partial charge in [-0.2, -0.15) is 0 Å². The first-order valence-electron chi connectivity index (χ1n) is 10.0. The minimum Gasteiger partial charge on any atom is -0.489 e. The molecule has 0 aliphatic rings. The highest BCUT2D eigenvalue weighted by Gasteiger charge is 2.20. The number of nitrogens with zero attached hydrogens (tertiary/aromatic N) is 4. The maximum Gasteiger partial charge on any atom is 0.196 e. The van der Waals surface area contributed by atoms with Crippen LogP contribution in [0, 0.1) is 11.6 Å². The van der Waals surface area contributed by atoms with Crippen molar-refractivity contribution in [2.24, 2.45) is 0 Å². The van der Waals surface area contributed by atoms with E-state index in [1.165, 1.54) is 18.2 Å². The molecule has 0 amide bonds. The zero-order valence-corrected chi connectivity index (χ0v) is 17.2. The van der Waals surface area contributed by atoms with Gasteiger partial charge in [0, 0.05) is 24.0 Å². The van der Waals surface area contributed by atoms with Gasteiger partial charge in [0.05, 0.1) is 22.8 Å². The lowest BCUT2D eigenvalue weighted by atomic mass is 10.0. The molecule has 5 rings (SSSR count). The second kappa shape index (κ2) is 8.58. The van der Waals surface area contributed by atoms with Gasteiger partial charge < -0.3 is 4.74 Å². The molecule has 0 saturated heterocycles. The smallest absolute Gasteiger partial charge is 0.196 e. The molecule has 6 nitrogen and oxygen atoms in total. The summed E-state index contributed by atoms with van der Waals surface area (Å²) < 4.78 is 36.1. The third-order valence-electron chi connectivity index (χ3n) is 5.06. The van der Waals surface area contributed by atoms with Crippen LogP contribution in [0.25, 0.3) is 16.9 Å². The van der Waals surface area contributed by atoms with Gasteiger partial charge in [-0.15, -0.1) is 0 Å². The van der Waals surface area contributed by atoms with E-state index in [4.69, 9.17) is 4.74 Å². The van der Waals surface area contributed by atoms with Crippen LogP contribution in [-0.2, 0) is 6.61 Å². The van der Waals surface area contributed by atoms with Crippen molar-refractivity contribution in [2.45, 2.75) is 6.61 Å². The molecule has 2 heterocycles. The summed E-state index contributed by atoms with van der Waals surface area (Å²) in [5.74, 6) is -2.51. The van der Waals surface area contributed by atoms with Crippen molar-refractivity contribution >= 4 is 16.8 Å². The van der Waals surface area contributed by atoms with Crippen LogP contribution < -0.4 is 4.74 Å². The van der Waals surface area contributed by atoms with Crippen molar-refractivity contribution < 1.29 is 18.3 Å². The summed E-state index contributed by atoms with van der Waals surface area (Å²) in [7, 11) is 0. The molecule has 0 aliphatic carbocycles. The summed E-state index contributed by atoms with van der Waals surface area (Å²) in [6, 6.07) is 16.0. The van der Waals surface area contributed by atoms with Crippen LogP contribution in [-0.4, -0.2) is 25.3 Å². The molecular weight excluding hydrogens is 426 g/mol. The number of benzene rings is 3. The molecule has 3 aromatic carbocycles. The van der Waals surface area contributed by atoms with Crippen molar-refractivity contribution in [3.05, 3.63) is 114 Å². The Balaban J connectivity index is 1.47. The molecule has 0 radical (unpaired) electrons. The highest BCUT2D eigenvalue weighted by Crippen LogP contribution is 2.25. The number of hydrogen-bond donors (Lipinski definition) is 0. The molecule has 0 spiro atoms. The van der Waals surface area contributed by atoms with Gasteiger partial charge in [-0.05, 0) is 29.8 Å². The molecule has 0 saturated carbocycles. The normalized spacial score (nSPS) is 11.0. The average molecular weight is 442 g/mol. The third kappa shape index (κ3) is 4.18. The summed E-state index contributed by atoms with van der Waals surface area (Å²) in [6.07, 6.45) is 6.47. The van der Waals surface area contributed by atoms with Gasteiger partial charge in [0.25, 0.3) is 0 Å². The van der Waals surface area contributed by atoms with Gasteiger partial charge >= 0.3 is 0 Å². The molecule has 0 aliphatic heterocycles. The first kappa shape index (κ1) is 20.4. The fourth-order valence-corrected chi connectivity index (χ4v) is 3.37. The Morgan fingerprint density at radius 3 is 2.64 bits per heavy atom. The average Bonchev–Trinajstić information content (AvgIpc) is 3.39. The molecule has 8 heteroatoms. The fraction of sp³-hybridized carbons (Fsp3) is 0.0400. The van der Waals surface area contributed by atoms with Gasteiger partial charge in [0.1, 0.15) is 18.7 Å². The van der Waals surface area contributed by atoms with Gasteiger partial charge in [-0.1, -0.05) is 30.3 Å². The zero-order valence-electron chi connectivity index (χ0n) is 17.2. The zero-order chi connectivity index (χ0) is 22.8. The topological polar surface area (TPSA) is 69.9 Å². The predicted molar refractivity (Wildman–Crippen MR) is 117 cm³/mol. The minimum absolute atomic E-state index is 0.0593. The number of halogens is 2. The van der Waals surface area contributed by atoms with Crippen LogP contribution in [0.4, 0.5) is 8.78 Å². The SMILES string of the molecule is O=C(c1ccc2ncc(-n3ccnc3)nc2c1)c1cc(OCc2ccccc2)cc(F)c1F. The number of rotatable bonds is 6. The third-order valence-corrected chi connectivity index (χ3v) is 5.06. The van der Waals surface area contributed by atoms with E-state index in [1.54, 1.807) is 35.6 Å². The first-order valence-corrected chi connectivity index (χ1v) is 10.0. The second-order valence-corrected chi connectivity index (χ2v) is 7.27. The number of fused-ring (bicyclic) bond motifs is 1. The standard InChI is InChI=1S/C25H16F2N4O2/c26-20-12-18(33-14-16-4-2-1-3-5-16)11-19(24(20)27)25(32)17-6-7-21-22(10-17)30-23(13-29-21)31-9-8-28-15-31/h1-13,15H,14H2. The molecule has 0 bridgehead atoms. The Kier molecular flexibility index (Phi) is 5.32. The molecule has 33 heavy (non-hydrogen) atoms. The van der Waals surface area contributed by atoms with E-state index in [-0.39, 0.29) is 17.9 Å². The van der Waals surface area contributed by atoms with Gasteiger partial charge in [-0.25, -0.2) is 18.7 Å². The van der Waals surface area contributed by atoms with Crippen molar-refractivity contribution in [1.82, 2.24) is 19.5 Å². The number of carbonyl (C=O) groups is 1. The lowest BCUT2D eigenvalue weighted by molar-refractivity contribution is 0.103. The summed E-state index contributed by atoms with van der Waals surface area (Å²) in [5.41, 5.74) is 1.58. The maximum absolute atomic E-state index is 14.6. The van der Waals surface area contributed by atoms with Gasteiger partial charge in [0.2, 0.25) is 0 Å². The first-order chi connectivity index (χ1) is 16.1.